The summed E-state index contributed by atoms with van der Waals surface area (Å²) in [5.74, 6) is -0.466. The Bertz CT molecular complexity index is 422. The standard InChI is InChI=1S/C11H14ClN3O/c12-9-5-7(11(14)16)1-2-10(9)15-4-3-8(13)6-15/h1-2,5,8H,3-4,6,13H2,(H2,14,16). The number of halogens is 1. The fourth-order valence-corrected chi connectivity index (χ4v) is 2.22. The number of amides is 1. The maximum atomic E-state index is 11.0. The maximum absolute atomic E-state index is 11.0. The van der Waals surface area contributed by atoms with Gasteiger partial charge in [0.05, 0.1) is 10.7 Å². The first-order valence-corrected chi connectivity index (χ1v) is 5.55. The highest BCUT2D eigenvalue weighted by molar-refractivity contribution is 6.33. The summed E-state index contributed by atoms with van der Waals surface area (Å²) in [7, 11) is 0. The van der Waals surface area contributed by atoms with Gasteiger partial charge in [-0.15, -0.1) is 0 Å². The predicted octanol–water partition coefficient (Wildman–Crippen LogP) is 0.976. The van der Waals surface area contributed by atoms with E-state index in [4.69, 9.17) is 23.1 Å². The molecule has 1 aliphatic rings. The summed E-state index contributed by atoms with van der Waals surface area (Å²) >= 11 is 6.11. The van der Waals surface area contributed by atoms with Crippen LogP contribution in [-0.2, 0) is 0 Å². The number of anilines is 1. The minimum absolute atomic E-state index is 0.201. The van der Waals surface area contributed by atoms with Gasteiger partial charge in [0.25, 0.3) is 0 Å². The Kier molecular flexibility index (Phi) is 3.03. The summed E-state index contributed by atoms with van der Waals surface area (Å²) in [6.45, 7) is 1.70. The monoisotopic (exact) mass is 239 g/mol. The summed E-state index contributed by atoms with van der Waals surface area (Å²) in [6, 6.07) is 5.31. The van der Waals surface area contributed by atoms with Crippen molar-refractivity contribution in [2.24, 2.45) is 11.5 Å². The second kappa shape index (κ2) is 4.31. The zero-order valence-corrected chi connectivity index (χ0v) is 9.57. The first-order chi connectivity index (χ1) is 7.58. The van der Waals surface area contributed by atoms with Crippen molar-refractivity contribution in [2.45, 2.75) is 12.5 Å². The van der Waals surface area contributed by atoms with Crippen molar-refractivity contribution in [3.05, 3.63) is 28.8 Å². The number of carbonyl (C=O) groups is 1. The zero-order chi connectivity index (χ0) is 11.7. The van der Waals surface area contributed by atoms with Crippen LogP contribution in [0.2, 0.25) is 5.02 Å². The fourth-order valence-electron chi connectivity index (χ4n) is 1.92. The molecule has 1 aromatic rings. The van der Waals surface area contributed by atoms with Crippen LogP contribution in [0.3, 0.4) is 0 Å². The predicted molar refractivity (Wildman–Crippen MR) is 64.8 cm³/mol. The van der Waals surface area contributed by atoms with Crippen LogP contribution >= 0.6 is 11.6 Å². The van der Waals surface area contributed by atoms with Crippen molar-refractivity contribution < 1.29 is 4.79 Å². The van der Waals surface area contributed by atoms with Gasteiger partial charge < -0.3 is 16.4 Å². The highest BCUT2D eigenvalue weighted by Crippen LogP contribution is 2.29. The van der Waals surface area contributed by atoms with E-state index < -0.39 is 5.91 Å². The van der Waals surface area contributed by atoms with E-state index in [9.17, 15) is 4.79 Å². The van der Waals surface area contributed by atoms with Gasteiger partial charge in [-0.2, -0.15) is 0 Å². The van der Waals surface area contributed by atoms with Crippen molar-refractivity contribution in [2.75, 3.05) is 18.0 Å². The van der Waals surface area contributed by atoms with Crippen LogP contribution in [0, 0.1) is 0 Å². The number of nitrogens with two attached hydrogens (primary N) is 2. The normalized spacial score (nSPS) is 20.1. The van der Waals surface area contributed by atoms with Gasteiger partial charge in [0, 0.05) is 24.7 Å². The van der Waals surface area contributed by atoms with Gasteiger partial charge >= 0.3 is 0 Å². The Labute approximate surface area is 99.2 Å². The molecule has 4 nitrogen and oxygen atoms in total. The second-order valence-corrected chi connectivity index (χ2v) is 4.43. The van der Waals surface area contributed by atoms with Gasteiger partial charge in [-0.25, -0.2) is 0 Å². The molecule has 2 rings (SSSR count). The van der Waals surface area contributed by atoms with Gasteiger partial charge in [0.15, 0.2) is 0 Å². The average molecular weight is 240 g/mol. The molecule has 0 bridgehead atoms. The van der Waals surface area contributed by atoms with Crippen molar-refractivity contribution in [3.63, 3.8) is 0 Å². The van der Waals surface area contributed by atoms with Crippen LogP contribution < -0.4 is 16.4 Å². The molecule has 4 N–H and O–H groups in total. The Morgan fingerprint density at radius 3 is 2.75 bits per heavy atom. The van der Waals surface area contributed by atoms with E-state index >= 15 is 0 Å². The Morgan fingerprint density at radius 1 is 1.50 bits per heavy atom. The summed E-state index contributed by atoms with van der Waals surface area (Å²) in [5, 5.41) is 0.547. The van der Waals surface area contributed by atoms with Crippen molar-refractivity contribution in [1.29, 1.82) is 0 Å². The topological polar surface area (TPSA) is 72.4 Å². The van der Waals surface area contributed by atoms with Crippen LogP contribution in [0.1, 0.15) is 16.8 Å². The zero-order valence-electron chi connectivity index (χ0n) is 8.82. The third-order valence-corrected chi connectivity index (χ3v) is 3.10. The van der Waals surface area contributed by atoms with Gasteiger partial charge in [0.2, 0.25) is 5.91 Å². The van der Waals surface area contributed by atoms with Crippen molar-refractivity contribution >= 4 is 23.2 Å². The molecule has 1 heterocycles. The molecule has 5 heteroatoms. The number of hydrogen-bond acceptors (Lipinski definition) is 3. The first-order valence-electron chi connectivity index (χ1n) is 5.18. The number of primary amides is 1. The number of benzene rings is 1. The molecule has 1 atom stereocenters. The molecule has 1 aromatic carbocycles. The molecule has 0 saturated carbocycles. The summed E-state index contributed by atoms with van der Waals surface area (Å²) in [6.07, 6.45) is 0.966. The summed E-state index contributed by atoms with van der Waals surface area (Å²) in [5.41, 5.74) is 12.4. The smallest absolute Gasteiger partial charge is 0.248 e. The van der Waals surface area contributed by atoms with E-state index in [1.54, 1.807) is 12.1 Å². The average Bonchev–Trinajstić information content (AvgIpc) is 2.64. The number of nitrogens with zero attached hydrogens (tertiary/aromatic N) is 1. The molecule has 1 saturated heterocycles. The van der Waals surface area contributed by atoms with Gasteiger partial charge in [-0.1, -0.05) is 11.6 Å². The minimum atomic E-state index is -0.466. The first kappa shape index (κ1) is 11.2. The molecule has 0 aromatic heterocycles. The largest absolute Gasteiger partial charge is 0.369 e. The molecular weight excluding hydrogens is 226 g/mol. The van der Waals surface area contributed by atoms with Crippen LogP contribution in [0.25, 0.3) is 0 Å². The number of hydrogen-bond donors (Lipinski definition) is 2. The molecule has 0 spiro atoms. The van der Waals surface area contributed by atoms with E-state index in [1.807, 2.05) is 6.07 Å². The van der Waals surface area contributed by atoms with Crippen molar-refractivity contribution in [3.8, 4) is 0 Å². The molecular formula is C11H14ClN3O. The quantitative estimate of drug-likeness (QED) is 0.808. The van der Waals surface area contributed by atoms with Crippen LogP contribution in [0.15, 0.2) is 18.2 Å². The lowest BCUT2D eigenvalue weighted by molar-refractivity contribution is 0.100. The lowest BCUT2D eigenvalue weighted by Gasteiger charge is -2.19. The highest BCUT2D eigenvalue weighted by Gasteiger charge is 2.21. The van der Waals surface area contributed by atoms with E-state index in [0.29, 0.717) is 10.6 Å². The molecule has 1 amide bonds. The lowest BCUT2D eigenvalue weighted by atomic mass is 10.2. The third kappa shape index (κ3) is 2.13. The van der Waals surface area contributed by atoms with Crippen LogP contribution in [0.4, 0.5) is 5.69 Å². The van der Waals surface area contributed by atoms with Gasteiger partial charge in [-0.05, 0) is 24.6 Å². The van der Waals surface area contributed by atoms with E-state index in [2.05, 4.69) is 4.90 Å². The van der Waals surface area contributed by atoms with Gasteiger partial charge in [0.1, 0.15) is 0 Å². The molecule has 16 heavy (non-hydrogen) atoms. The molecule has 86 valence electrons. The van der Waals surface area contributed by atoms with E-state index in [1.165, 1.54) is 0 Å². The number of rotatable bonds is 2. The number of carbonyl (C=O) groups excluding carboxylic acids is 1. The molecule has 1 fully saturated rings. The lowest BCUT2D eigenvalue weighted by Crippen LogP contribution is -2.26. The Morgan fingerprint density at radius 2 is 2.25 bits per heavy atom. The highest BCUT2D eigenvalue weighted by atomic mass is 35.5. The van der Waals surface area contributed by atoms with Gasteiger partial charge in [-0.3, -0.25) is 4.79 Å². The van der Waals surface area contributed by atoms with Crippen LogP contribution in [-0.4, -0.2) is 25.0 Å². The Hall–Kier alpha value is -1.26. The maximum Gasteiger partial charge on any atom is 0.248 e. The fraction of sp³-hybridized carbons (Fsp3) is 0.364. The van der Waals surface area contributed by atoms with Crippen LogP contribution in [0.5, 0.6) is 0 Å². The SMILES string of the molecule is NC(=O)c1ccc(N2CCC(N)C2)c(Cl)c1. The molecule has 1 unspecified atom stereocenters. The second-order valence-electron chi connectivity index (χ2n) is 4.03. The van der Waals surface area contributed by atoms with E-state index in [-0.39, 0.29) is 6.04 Å². The van der Waals surface area contributed by atoms with E-state index in [0.717, 1.165) is 25.2 Å². The summed E-state index contributed by atoms with van der Waals surface area (Å²) < 4.78 is 0. The molecule has 1 aliphatic heterocycles. The summed E-state index contributed by atoms with van der Waals surface area (Å²) in [4.78, 5) is 13.1. The third-order valence-electron chi connectivity index (χ3n) is 2.80. The van der Waals surface area contributed by atoms with Crippen molar-refractivity contribution in [1.82, 2.24) is 0 Å². The minimum Gasteiger partial charge on any atom is -0.369 e. The molecule has 0 aliphatic carbocycles. The Balaban J connectivity index is 2.26. The molecule has 0 radical (unpaired) electrons.